The van der Waals surface area contributed by atoms with E-state index in [1.165, 1.54) is 19.2 Å². The van der Waals surface area contributed by atoms with Crippen LogP contribution in [0, 0.1) is 11.6 Å². The van der Waals surface area contributed by atoms with Crippen molar-refractivity contribution >= 4 is 12.4 Å². The lowest BCUT2D eigenvalue weighted by molar-refractivity contribution is 0.376. The molecule has 0 aliphatic carbocycles. The first-order valence-electron chi connectivity index (χ1n) is 5.59. The number of nitrogens with two attached hydrogens (primary N) is 2. The van der Waals surface area contributed by atoms with Crippen LogP contribution in [0.25, 0.3) is 0 Å². The third-order valence-corrected chi connectivity index (χ3v) is 2.65. The van der Waals surface area contributed by atoms with Gasteiger partial charge in [-0.1, -0.05) is 6.42 Å². The minimum atomic E-state index is -0.715. The molecule has 104 valence electrons. The van der Waals surface area contributed by atoms with Gasteiger partial charge in [0.1, 0.15) is 5.82 Å². The van der Waals surface area contributed by atoms with Gasteiger partial charge in [-0.2, -0.15) is 0 Å². The quantitative estimate of drug-likeness (QED) is 0.787. The average molecular weight is 281 g/mol. The average Bonchev–Trinajstić information content (AvgIpc) is 2.30. The number of hydrogen-bond acceptors (Lipinski definition) is 3. The van der Waals surface area contributed by atoms with Crippen molar-refractivity contribution < 1.29 is 13.5 Å². The van der Waals surface area contributed by atoms with Crippen molar-refractivity contribution in [3.8, 4) is 5.75 Å². The molecule has 0 aliphatic rings. The molecule has 3 nitrogen and oxygen atoms in total. The minimum Gasteiger partial charge on any atom is -0.494 e. The molecule has 0 aliphatic heterocycles. The Labute approximate surface area is 112 Å². The Hall–Kier alpha value is -0.910. The number of halogens is 3. The molecule has 0 saturated heterocycles. The highest BCUT2D eigenvalue weighted by Gasteiger charge is 2.19. The summed E-state index contributed by atoms with van der Waals surface area (Å²) >= 11 is 0. The van der Waals surface area contributed by atoms with Crippen molar-refractivity contribution in [3.63, 3.8) is 0 Å². The highest BCUT2D eigenvalue weighted by molar-refractivity contribution is 5.85. The van der Waals surface area contributed by atoms with Crippen LogP contribution in [0.15, 0.2) is 12.1 Å². The molecule has 1 rings (SSSR count). The molecule has 0 heterocycles. The molecule has 6 heteroatoms. The zero-order chi connectivity index (χ0) is 12.8. The number of ether oxygens (including phenoxy) is 1. The van der Waals surface area contributed by atoms with Crippen LogP contribution >= 0.6 is 12.4 Å². The van der Waals surface area contributed by atoms with Crippen LogP contribution in [0.4, 0.5) is 8.78 Å². The van der Waals surface area contributed by atoms with E-state index < -0.39 is 17.7 Å². The van der Waals surface area contributed by atoms with Crippen molar-refractivity contribution in [1.29, 1.82) is 0 Å². The first-order valence-corrected chi connectivity index (χ1v) is 5.59. The van der Waals surface area contributed by atoms with Gasteiger partial charge in [0.15, 0.2) is 11.6 Å². The summed E-state index contributed by atoms with van der Waals surface area (Å²) in [5, 5.41) is 0. The smallest absolute Gasteiger partial charge is 0.172 e. The summed E-state index contributed by atoms with van der Waals surface area (Å²) in [5.41, 5.74) is 11.0. The molecule has 0 spiro atoms. The first kappa shape index (κ1) is 17.1. The van der Waals surface area contributed by atoms with E-state index in [1.807, 2.05) is 0 Å². The van der Waals surface area contributed by atoms with Gasteiger partial charge in [-0.25, -0.2) is 8.78 Å². The summed E-state index contributed by atoms with van der Waals surface area (Å²) in [6.45, 7) is 0.551. The molecular weight excluding hydrogens is 262 g/mol. The fourth-order valence-corrected chi connectivity index (χ4v) is 1.70. The van der Waals surface area contributed by atoms with Crippen molar-refractivity contribution in [2.45, 2.75) is 25.3 Å². The largest absolute Gasteiger partial charge is 0.494 e. The van der Waals surface area contributed by atoms with Crippen LogP contribution in [0.1, 0.15) is 30.9 Å². The monoisotopic (exact) mass is 280 g/mol. The molecule has 0 unspecified atom stereocenters. The Morgan fingerprint density at radius 1 is 1.28 bits per heavy atom. The third kappa shape index (κ3) is 4.08. The Kier molecular flexibility index (Phi) is 7.82. The van der Waals surface area contributed by atoms with Crippen LogP contribution in [-0.4, -0.2) is 13.7 Å². The van der Waals surface area contributed by atoms with Crippen LogP contribution in [0.5, 0.6) is 5.75 Å². The van der Waals surface area contributed by atoms with E-state index in [4.69, 9.17) is 16.2 Å². The van der Waals surface area contributed by atoms with Gasteiger partial charge in [-0.3, -0.25) is 0 Å². The lowest BCUT2D eigenvalue weighted by Gasteiger charge is -2.15. The van der Waals surface area contributed by atoms with E-state index >= 15 is 0 Å². The maximum Gasteiger partial charge on any atom is 0.172 e. The Balaban J connectivity index is 0.00000289. The summed E-state index contributed by atoms with van der Waals surface area (Å²) in [6, 6.07) is 1.75. The number of hydrogen-bond donors (Lipinski definition) is 2. The Bertz CT molecular complexity index is 377. The number of benzene rings is 1. The second kappa shape index (κ2) is 8.24. The summed E-state index contributed by atoms with van der Waals surface area (Å²) in [6.07, 6.45) is 2.03. The summed E-state index contributed by atoms with van der Waals surface area (Å²) < 4.78 is 32.1. The van der Waals surface area contributed by atoms with Gasteiger partial charge in [0.05, 0.1) is 7.11 Å². The molecule has 0 aromatic heterocycles. The molecule has 0 saturated carbocycles. The zero-order valence-electron chi connectivity index (χ0n) is 10.3. The van der Waals surface area contributed by atoms with E-state index in [2.05, 4.69) is 0 Å². The molecule has 18 heavy (non-hydrogen) atoms. The van der Waals surface area contributed by atoms with Gasteiger partial charge in [0.25, 0.3) is 0 Å². The molecule has 1 atom stereocenters. The topological polar surface area (TPSA) is 61.3 Å². The molecule has 1 aromatic carbocycles. The van der Waals surface area contributed by atoms with E-state index in [-0.39, 0.29) is 23.7 Å². The van der Waals surface area contributed by atoms with E-state index in [0.717, 1.165) is 12.8 Å². The molecular formula is C12H19ClF2N2O. The summed E-state index contributed by atoms with van der Waals surface area (Å²) in [5.74, 6) is -1.34. The molecule has 0 bridgehead atoms. The molecule has 1 aromatic rings. The maximum absolute atomic E-state index is 13.8. The van der Waals surface area contributed by atoms with Crippen molar-refractivity contribution in [1.82, 2.24) is 0 Å². The fraction of sp³-hybridized carbons (Fsp3) is 0.500. The van der Waals surface area contributed by atoms with Crippen LogP contribution in [0.2, 0.25) is 0 Å². The summed E-state index contributed by atoms with van der Waals surface area (Å²) in [7, 11) is 1.33. The first-order chi connectivity index (χ1) is 8.11. The summed E-state index contributed by atoms with van der Waals surface area (Å²) in [4.78, 5) is 0. The molecule has 4 N–H and O–H groups in total. The Morgan fingerprint density at radius 3 is 2.50 bits per heavy atom. The van der Waals surface area contributed by atoms with E-state index in [0.29, 0.717) is 13.0 Å². The number of unbranched alkanes of at least 4 members (excludes halogenated alkanes) is 1. The number of methoxy groups -OCH3 is 1. The highest BCUT2D eigenvalue weighted by Crippen LogP contribution is 2.28. The normalized spacial score (nSPS) is 11.8. The molecule has 0 fully saturated rings. The highest BCUT2D eigenvalue weighted by atomic mass is 35.5. The van der Waals surface area contributed by atoms with Crippen molar-refractivity contribution in [2.24, 2.45) is 11.5 Å². The lowest BCUT2D eigenvalue weighted by atomic mass is 10.0. The fourth-order valence-electron chi connectivity index (χ4n) is 1.70. The van der Waals surface area contributed by atoms with Gasteiger partial charge in [-0.15, -0.1) is 12.4 Å². The van der Waals surface area contributed by atoms with Gasteiger partial charge >= 0.3 is 0 Å². The molecule has 0 amide bonds. The standard InChI is InChI=1S/C12H18F2N2O.ClH/c1-17-10-6-5-8(13)11(12(10)14)9(16)4-2-3-7-15;/h5-6,9H,2-4,7,15-16H2,1H3;1H/t9-;/m1./s1. The van der Waals surface area contributed by atoms with Crippen LogP contribution in [-0.2, 0) is 0 Å². The van der Waals surface area contributed by atoms with Gasteiger partial charge in [-0.05, 0) is 31.5 Å². The maximum atomic E-state index is 13.8. The lowest BCUT2D eigenvalue weighted by Crippen LogP contribution is -2.15. The van der Waals surface area contributed by atoms with E-state index in [9.17, 15) is 8.78 Å². The zero-order valence-corrected chi connectivity index (χ0v) is 11.1. The van der Waals surface area contributed by atoms with Gasteiger partial charge < -0.3 is 16.2 Å². The van der Waals surface area contributed by atoms with Crippen LogP contribution < -0.4 is 16.2 Å². The van der Waals surface area contributed by atoms with Crippen LogP contribution in [0.3, 0.4) is 0 Å². The minimum absolute atomic E-state index is 0. The number of rotatable bonds is 6. The Morgan fingerprint density at radius 2 is 1.94 bits per heavy atom. The van der Waals surface area contributed by atoms with Gasteiger partial charge in [0.2, 0.25) is 0 Å². The predicted octanol–water partition coefficient (Wildman–Crippen LogP) is 2.52. The molecule has 0 radical (unpaired) electrons. The SMILES string of the molecule is COc1ccc(F)c([C@H](N)CCCCN)c1F.Cl. The predicted molar refractivity (Wildman–Crippen MR) is 70.0 cm³/mol. The van der Waals surface area contributed by atoms with Crippen molar-refractivity contribution in [3.05, 3.63) is 29.3 Å². The third-order valence-electron chi connectivity index (χ3n) is 2.65. The van der Waals surface area contributed by atoms with E-state index in [1.54, 1.807) is 0 Å². The van der Waals surface area contributed by atoms with Gasteiger partial charge in [0, 0.05) is 11.6 Å². The van der Waals surface area contributed by atoms with Crippen molar-refractivity contribution in [2.75, 3.05) is 13.7 Å². The second-order valence-corrected chi connectivity index (χ2v) is 3.87. The second-order valence-electron chi connectivity index (χ2n) is 3.87.